The van der Waals surface area contributed by atoms with Gasteiger partial charge in [0.2, 0.25) is 11.8 Å². The van der Waals surface area contributed by atoms with E-state index in [-0.39, 0.29) is 28.1 Å². The van der Waals surface area contributed by atoms with Crippen molar-refractivity contribution in [1.29, 1.82) is 0 Å². The van der Waals surface area contributed by atoms with E-state index in [4.69, 9.17) is 23.2 Å². The van der Waals surface area contributed by atoms with Crippen LogP contribution in [0.2, 0.25) is 10.0 Å². The second kappa shape index (κ2) is 12.9. The van der Waals surface area contributed by atoms with Gasteiger partial charge < -0.3 is 10.2 Å². The van der Waals surface area contributed by atoms with Crippen LogP contribution in [0.15, 0.2) is 83.8 Å². The lowest BCUT2D eigenvalue weighted by Gasteiger charge is -2.33. The van der Waals surface area contributed by atoms with Gasteiger partial charge in [-0.2, -0.15) is 0 Å². The number of carbonyl (C=O) groups is 2. The van der Waals surface area contributed by atoms with Crippen molar-refractivity contribution in [2.45, 2.75) is 50.6 Å². The van der Waals surface area contributed by atoms with Crippen LogP contribution in [-0.4, -0.2) is 49.8 Å². The number of benzene rings is 3. The predicted octanol–water partition coefficient (Wildman–Crippen LogP) is 5.56. The molecule has 0 bridgehead atoms. The fourth-order valence-corrected chi connectivity index (χ4v) is 5.98. The average molecular weight is 591 g/mol. The van der Waals surface area contributed by atoms with Crippen LogP contribution in [0, 0.1) is 0 Å². The Hall–Kier alpha value is -3.07. The zero-order valence-corrected chi connectivity index (χ0v) is 24.7. The van der Waals surface area contributed by atoms with E-state index in [9.17, 15) is 18.0 Å². The maximum Gasteiger partial charge on any atom is 0.264 e. The molecule has 0 radical (unpaired) electrons. The molecule has 0 aliphatic rings. The van der Waals surface area contributed by atoms with Gasteiger partial charge in [-0.15, -0.1) is 0 Å². The Bertz CT molecular complexity index is 1400. The number of hydrogen-bond acceptors (Lipinski definition) is 4. The summed E-state index contributed by atoms with van der Waals surface area (Å²) in [5.74, 6) is -0.890. The molecule has 0 aliphatic carbocycles. The molecule has 10 heteroatoms. The minimum Gasteiger partial charge on any atom is -0.350 e. The van der Waals surface area contributed by atoms with Gasteiger partial charge in [0.15, 0.2) is 0 Å². The summed E-state index contributed by atoms with van der Waals surface area (Å²) >= 11 is 12.5. The second-order valence-electron chi connectivity index (χ2n) is 10.2. The molecule has 0 heterocycles. The fourth-order valence-electron chi connectivity index (χ4n) is 3.96. The molecular weight excluding hydrogens is 557 g/mol. The van der Waals surface area contributed by atoms with Crippen LogP contribution in [0.3, 0.4) is 0 Å². The zero-order chi connectivity index (χ0) is 28.8. The van der Waals surface area contributed by atoms with Crippen LogP contribution in [0.1, 0.15) is 33.3 Å². The number of amides is 2. The maximum atomic E-state index is 13.9. The van der Waals surface area contributed by atoms with Gasteiger partial charge in [-0.05, 0) is 70.0 Å². The third-order valence-corrected chi connectivity index (χ3v) is 8.25. The molecule has 1 unspecified atom stereocenters. The Morgan fingerprint density at radius 1 is 0.923 bits per heavy atom. The summed E-state index contributed by atoms with van der Waals surface area (Å²) < 4.78 is 28.5. The van der Waals surface area contributed by atoms with Crippen LogP contribution in [0.4, 0.5) is 5.69 Å². The molecule has 1 atom stereocenters. The molecule has 3 aromatic carbocycles. The van der Waals surface area contributed by atoms with Gasteiger partial charge in [0.1, 0.15) is 12.6 Å². The number of rotatable bonds is 10. The van der Waals surface area contributed by atoms with Gasteiger partial charge in [-0.3, -0.25) is 13.9 Å². The highest BCUT2D eigenvalue weighted by Crippen LogP contribution is 2.33. The molecule has 0 aromatic heterocycles. The molecule has 39 heavy (non-hydrogen) atoms. The Kier molecular flexibility index (Phi) is 10.0. The maximum absolute atomic E-state index is 13.9. The quantitative estimate of drug-likeness (QED) is 0.335. The van der Waals surface area contributed by atoms with Crippen molar-refractivity contribution in [3.63, 3.8) is 0 Å². The molecule has 1 N–H and O–H groups in total. The summed E-state index contributed by atoms with van der Waals surface area (Å²) in [6, 6.07) is 20.9. The Morgan fingerprint density at radius 2 is 1.51 bits per heavy atom. The van der Waals surface area contributed by atoms with Crippen LogP contribution >= 0.6 is 23.2 Å². The number of halogens is 2. The third-order valence-electron chi connectivity index (χ3n) is 5.94. The van der Waals surface area contributed by atoms with Crippen LogP contribution in [-0.2, 0) is 26.0 Å². The highest BCUT2D eigenvalue weighted by atomic mass is 35.5. The SMILES string of the molecule is CC(C(=O)NC(C)(C)C)N(CCc1ccccc1)C(=O)CN(c1ccc(Cl)cc1Cl)S(=O)(=O)c1ccccc1. The lowest BCUT2D eigenvalue weighted by atomic mass is 10.1. The first-order chi connectivity index (χ1) is 18.3. The molecule has 3 rings (SSSR count). The normalized spacial score (nSPS) is 12.5. The Balaban J connectivity index is 2.01. The van der Waals surface area contributed by atoms with Crippen molar-refractivity contribution in [3.8, 4) is 0 Å². The van der Waals surface area contributed by atoms with Gasteiger partial charge >= 0.3 is 0 Å². The fraction of sp³-hybridized carbons (Fsp3) is 0.310. The van der Waals surface area contributed by atoms with Crippen LogP contribution in [0.25, 0.3) is 0 Å². The van der Waals surface area contributed by atoms with E-state index in [0.717, 1.165) is 9.87 Å². The molecule has 0 aliphatic heterocycles. The number of sulfonamides is 1. The van der Waals surface area contributed by atoms with Gasteiger partial charge in [0, 0.05) is 17.1 Å². The van der Waals surface area contributed by atoms with Gasteiger partial charge in [0.25, 0.3) is 10.0 Å². The van der Waals surface area contributed by atoms with Crippen molar-refractivity contribution in [1.82, 2.24) is 10.2 Å². The smallest absolute Gasteiger partial charge is 0.264 e. The van der Waals surface area contributed by atoms with Crippen molar-refractivity contribution in [3.05, 3.63) is 94.5 Å². The highest BCUT2D eigenvalue weighted by molar-refractivity contribution is 7.92. The van der Waals surface area contributed by atoms with Crippen molar-refractivity contribution in [2.24, 2.45) is 0 Å². The minimum absolute atomic E-state index is 0.00169. The number of carbonyl (C=O) groups excluding carboxylic acids is 2. The summed E-state index contributed by atoms with van der Waals surface area (Å²) in [6.45, 7) is 6.82. The Labute approximate surface area is 240 Å². The highest BCUT2D eigenvalue weighted by Gasteiger charge is 2.33. The van der Waals surface area contributed by atoms with Gasteiger partial charge in [-0.1, -0.05) is 71.7 Å². The first kappa shape index (κ1) is 30.5. The summed E-state index contributed by atoms with van der Waals surface area (Å²) in [6.07, 6.45) is 0.479. The summed E-state index contributed by atoms with van der Waals surface area (Å²) in [4.78, 5) is 28.4. The summed E-state index contributed by atoms with van der Waals surface area (Å²) in [5.41, 5.74) is 0.570. The first-order valence-corrected chi connectivity index (χ1v) is 14.7. The monoisotopic (exact) mass is 589 g/mol. The minimum atomic E-state index is -4.20. The molecule has 2 amide bonds. The van der Waals surface area contributed by atoms with E-state index in [2.05, 4.69) is 5.32 Å². The van der Waals surface area contributed by atoms with E-state index < -0.39 is 34.1 Å². The lowest BCUT2D eigenvalue weighted by molar-refractivity contribution is -0.139. The van der Waals surface area contributed by atoms with Gasteiger partial charge in [-0.25, -0.2) is 8.42 Å². The van der Waals surface area contributed by atoms with Crippen LogP contribution in [0.5, 0.6) is 0 Å². The van der Waals surface area contributed by atoms with E-state index in [0.29, 0.717) is 11.4 Å². The lowest BCUT2D eigenvalue weighted by Crippen LogP contribution is -2.55. The van der Waals surface area contributed by atoms with Crippen molar-refractivity contribution < 1.29 is 18.0 Å². The molecule has 0 fully saturated rings. The van der Waals surface area contributed by atoms with Crippen molar-refractivity contribution >= 4 is 50.7 Å². The topological polar surface area (TPSA) is 86.8 Å². The van der Waals surface area contributed by atoms with E-state index >= 15 is 0 Å². The number of nitrogens with zero attached hydrogens (tertiary/aromatic N) is 2. The predicted molar refractivity (Wildman–Crippen MR) is 157 cm³/mol. The Morgan fingerprint density at radius 3 is 2.08 bits per heavy atom. The van der Waals surface area contributed by atoms with E-state index in [1.807, 2.05) is 51.1 Å². The number of nitrogens with one attached hydrogen (secondary N) is 1. The van der Waals surface area contributed by atoms with Crippen LogP contribution < -0.4 is 9.62 Å². The molecule has 0 spiro atoms. The summed E-state index contributed by atoms with van der Waals surface area (Å²) in [5, 5.41) is 3.30. The molecule has 7 nitrogen and oxygen atoms in total. The first-order valence-electron chi connectivity index (χ1n) is 12.5. The second-order valence-corrected chi connectivity index (χ2v) is 12.9. The molecular formula is C29H33Cl2N3O4S. The number of anilines is 1. The van der Waals surface area contributed by atoms with E-state index in [1.165, 1.54) is 35.2 Å². The summed E-state index contributed by atoms with van der Waals surface area (Å²) in [7, 11) is -4.20. The molecule has 3 aromatic rings. The largest absolute Gasteiger partial charge is 0.350 e. The number of hydrogen-bond donors (Lipinski definition) is 1. The average Bonchev–Trinajstić information content (AvgIpc) is 2.87. The van der Waals surface area contributed by atoms with Gasteiger partial charge in [0.05, 0.1) is 15.6 Å². The standard InChI is InChI=1S/C29H33Cl2N3O4S/c1-21(28(36)32-29(2,3)4)33(18-17-22-11-7-5-8-12-22)27(35)20-34(26-16-15-23(30)19-25(26)31)39(37,38)24-13-9-6-10-14-24/h5-16,19,21H,17-18,20H2,1-4H3,(H,32,36). The zero-order valence-electron chi connectivity index (χ0n) is 22.4. The molecule has 0 saturated carbocycles. The molecule has 208 valence electrons. The molecule has 0 saturated heterocycles. The van der Waals surface area contributed by atoms with Crippen molar-refractivity contribution in [2.75, 3.05) is 17.4 Å². The van der Waals surface area contributed by atoms with E-state index in [1.54, 1.807) is 25.1 Å². The third kappa shape index (κ3) is 8.21.